The lowest BCUT2D eigenvalue weighted by molar-refractivity contribution is 0.0633. The Balaban J connectivity index is 0.00000156. The molecule has 2 aromatic rings. The first-order valence-corrected chi connectivity index (χ1v) is 7.72. The second-order valence-corrected chi connectivity index (χ2v) is 5.80. The molecule has 0 aliphatic carbocycles. The number of pyridine rings is 2. The zero-order valence-corrected chi connectivity index (χ0v) is 15.9. The Morgan fingerprint density at radius 2 is 2.04 bits per heavy atom. The average Bonchev–Trinajstić information content (AvgIpc) is 2.62. The number of nitrogens with zero attached hydrogens (tertiary/aromatic N) is 4. The number of carbonyl (C=O) groups excluding carboxylic acids is 1. The van der Waals surface area contributed by atoms with E-state index >= 15 is 0 Å². The molecular formula is C17H23Cl2N5O. The molecule has 3 heterocycles. The van der Waals surface area contributed by atoms with Crippen molar-refractivity contribution in [2.24, 2.45) is 0 Å². The number of amides is 1. The van der Waals surface area contributed by atoms with Gasteiger partial charge >= 0.3 is 0 Å². The summed E-state index contributed by atoms with van der Waals surface area (Å²) in [6.07, 6.45) is 5.22. The number of carbonyl (C=O) groups is 1. The van der Waals surface area contributed by atoms with Crippen LogP contribution in [-0.4, -0.2) is 54.5 Å². The van der Waals surface area contributed by atoms with E-state index in [-0.39, 0.29) is 36.8 Å². The van der Waals surface area contributed by atoms with Crippen LogP contribution in [0.2, 0.25) is 0 Å². The van der Waals surface area contributed by atoms with Gasteiger partial charge < -0.3 is 15.1 Å². The third kappa shape index (κ3) is 4.81. The van der Waals surface area contributed by atoms with E-state index in [9.17, 15) is 4.79 Å². The number of piperazine rings is 1. The highest BCUT2D eigenvalue weighted by molar-refractivity contribution is 5.94. The largest absolute Gasteiger partial charge is 0.363 e. The van der Waals surface area contributed by atoms with Gasteiger partial charge in [0.1, 0.15) is 5.82 Å². The molecule has 1 amide bonds. The van der Waals surface area contributed by atoms with Crippen molar-refractivity contribution in [1.82, 2.24) is 20.2 Å². The van der Waals surface area contributed by atoms with Gasteiger partial charge in [-0.1, -0.05) is 6.07 Å². The summed E-state index contributed by atoms with van der Waals surface area (Å²) in [6.45, 7) is 2.21. The number of hydrogen-bond donors (Lipinski definition) is 1. The normalized spacial score (nSPS) is 16.4. The molecule has 1 aliphatic heterocycles. The Hall–Kier alpha value is -1.89. The predicted octanol–water partition coefficient (Wildman–Crippen LogP) is 2.17. The summed E-state index contributed by atoms with van der Waals surface area (Å²) in [6, 6.07) is 7.62. The van der Waals surface area contributed by atoms with Crippen LogP contribution in [0.15, 0.2) is 42.9 Å². The SMILES string of the molecule is CN(C)c1ccc(C(=O)N2CCNCC2c2cccnc2)cn1.Cl.Cl. The van der Waals surface area contributed by atoms with E-state index in [2.05, 4.69) is 15.3 Å². The van der Waals surface area contributed by atoms with Crippen molar-refractivity contribution in [2.45, 2.75) is 6.04 Å². The molecule has 0 saturated carbocycles. The zero-order valence-electron chi connectivity index (χ0n) is 14.3. The fourth-order valence-corrected chi connectivity index (χ4v) is 2.76. The molecule has 1 aliphatic rings. The second kappa shape index (κ2) is 9.56. The van der Waals surface area contributed by atoms with Crippen LogP contribution in [0.4, 0.5) is 5.82 Å². The molecule has 1 atom stereocenters. The molecule has 25 heavy (non-hydrogen) atoms. The smallest absolute Gasteiger partial charge is 0.256 e. The van der Waals surface area contributed by atoms with Crippen molar-refractivity contribution in [3.63, 3.8) is 0 Å². The molecule has 0 spiro atoms. The highest BCUT2D eigenvalue weighted by Crippen LogP contribution is 2.23. The van der Waals surface area contributed by atoms with Gasteiger partial charge in [0.05, 0.1) is 11.6 Å². The fourth-order valence-electron chi connectivity index (χ4n) is 2.76. The van der Waals surface area contributed by atoms with Gasteiger partial charge in [0, 0.05) is 52.3 Å². The average molecular weight is 384 g/mol. The van der Waals surface area contributed by atoms with Crippen LogP contribution >= 0.6 is 24.8 Å². The number of hydrogen-bond acceptors (Lipinski definition) is 5. The lowest BCUT2D eigenvalue weighted by atomic mass is 10.0. The Morgan fingerprint density at radius 3 is 2.64 bits per heavy atom. The lowest BCUT2D eigenvalue weighted by Gasteiger charge is -2.36. The van der Waals surface area contributed by atoms with Crippen LogP contribution in [0.5, 0.6) is 0 Å². The monoisotopic (exact) mass is 383 g/mol. The molecule has 136 valence electrons. The molecule has 6 nitrogen and oxygen atoms in total. The van der Waals surface area contributed by atoms with Crippen molar-refractivity contribution < 1.29 is 4.79 Å². The molecule has 2 aromatic heterocycles. The van der Waals surface area contributed by atoms with Crippen LogP contribution in [0.1, 0.15) is 22.0 Å². The van der Waals surface area contributed by atoms with Crippen LogP contribution in [0.3, 0.4) is 0 Å². The predicted molar refractivity (Wildman–Crippen MR) is 104 cm³/mol. The fraction of sp³-hybridized carbons (Fsp3) is 0.353. The molecule has 0 radical (unpaired) electrons. The summed E-state index contributed by atoms with van der Waals surface area (Å²) in [4.78, 5) is 25.2. The molecule has 1 saturated heterocycles. The number of nitrogens with one attached hydrogen (secondary N) is 1. The Labute approximate surface area is 160 Å². The van der Waals surface area contributed by atoms with Crippen molar-refractivity contribution in [3.05, 3.63) is 54.0 Å². The van der Waals surface area contributed by atoms with E-state index in [0.29, 0.717) is 12.1 Å². The van der Waals surface area contributed by atoms with E-state index in [4.69, 9.17) is 0 Å². The number of halogens is 2. The molecule has 1 unspecified atom stereocenters. The zero-order chi connectivity index (χ0) is 16.2. The minimum Gasteiger partial charge on any atom is -0.363 e. The van der Waals surface area contributed by atoms with E-state index in [1.165, 1.54) is 0 Å². The summed E-state index contributed by atoms with van der Waals surface area (Å²) in [7, 11) is 3.86. The first kappa shape index (κ1) is 21.2. The molecule has 1 N–H and O–H groups in total. The summed E-state index contributed by atoms with van der Waals surface area (Å²) >= 11 is 0. The number of anilines is 1. The number of rotatable bonds is 3. The Morgan fingerprint density at radius 1 is 1.24 bits per heavy atom. The van der Waals surface area contributed by atoms with Gasteiger partial charge in [-0.3, -0.25) is 9.78 Å². The van der Waals surface area contributed by atoms with E-state index in [0.717, 1.165) is 24.5 Å². The first-order valence-electron chi connectivity index (χ1n) is 7.72. The maximum Gasteiger partial charge on any atom is 0.256 e. The highest BCUT2D eigenvalue weighted by atomic mass is 35.5. The minimum atomic E-state index is -0.00141. The maximum absolute atomic E-state index is 12.9. The van der Waals surface area contributed by atoms with Gasteiger partial charge in [-0.25, -0.2) is 4.98 Å². The summed E-state index contributed by atoms with van der Waals surface area (Å²) in [5.41, 5.74) is 1.66. The third-order valence-electron chi connectivity index (χ3n) is 4.03. The summed E-state index contributed by atoms with van der Waals surface area (Å²) in [5, 5.41) is 3.35. The van der Waals surface area contributed by atoms with Crippen LogP contribution in [0, 0.1) is 0 Å². The maximum atomic E-state index is 12.9. The Kier molecular flexibility index (Phi) is 8.09. The van der Waals surface area contributed by atoms with E-state index < -0.39 is 0 Å². The molecule has 0 aromatic carbocycles. The quantitative estimate of drug-likeness (QED) is 0.879. The van der Waals surface area contributed by atoms with Gasteiger partial charge in [0.15, 0.2) is 0 Å². The summed E-state index contributed by atoms with van der Waals surface area (Å²) in [5.74, 6) is 0.851. The van der Waals surface area contributed by atoms with E-state index in [1.807, 2.05) is 54.4 Å². The van der Waals surface area contributed by atoms with Gasteiger partial charge in [0.25, 0.3) is 5.91 Å². The first-order chi connectivity index (χ1) is 11.2. The second-order valence-electron chi connectivity index (χ2n) is 5.80. The standard InChI is InChI=1S/C17H21N5O.2ClH/c1-21(2)16-6-5-14(11-20-16)17(23)22-9-8-19-12-15(22)13-4-3-7-18-10-13;;/h3-7,10-11,15,19H,8-9,12H2,1-2H3;2*1H. The lowest BCUT2D eigenvalue weighted by Crippen LogP contribution is -2.48. The topological polar surface area (TPSA) is 61.4 Å². The van der Waals surface area contributed by atoms with Gasteiger partial charge in [-0.15, -0.1) is 24.8 Å². The van der Waals surface area contributed by atoms with Gasteiger partial charge in [-0.05, 0) is 23.8 Å². The van der Waals surface area contributed by atoms with E-state index in [1.54, 1.807) is 12.4 Å². The molecular weight excluding hydrogens is 361 g/mol. The van der Waals surface area contributed by atoms with Gasteiger partial charge in [0.2, 0.25) is 0 Å². The highest BCUT2D eigenvalue weighted by Gasteiger charge is 2.28. The van der Waals surface area contributed by atoms with Crippen molar-refractivity contribution in [1.29, 1.82) is 0 Å². The summed E-state index contributed by atoms with van der Waals surface area (Å²) < 4.78 is 0. The van der Waals surface area contributed by atoms with Crippen molar-refractivity contribution in [3.8, 4) is 0 Å². The molecule has 0 bridgehead atoms. The number of aromatic nitrogens is 2. The third-order valence-corrected chi connectivity index (χ3v) is 4.03. The van der Waals surface area contributed by atoms with Crippen molar-refractivity contribution >= 4 is 36.5 Å². The van der Waals surface area contributed by atoms with Crippen molar-refractivity contribution in [2.75, 3.05) is 38.6 Å². The van der Waals surface area contributed by atoms with Crippen LogP contribution < -0.4 is 10.2 Å². The van der Waals surface area contributed by atoms with Crippen LogP contribution in [0.25, 0.3) is 0 Å². The molecule has 8 heteroatoms. The Bertz CT molecular complexity index is 666. The van der Waals surface area contributed by atoms with Crippen LogP contribution in [-0.2, 0) is 0 Å². The minimum absolute atomic E-state index is 0. The van der Waals surface area contributed by atoms with Gasteiger partial charge in [-0.2, -0.15) is 0 Å². The molecule has 1 fully saturated rings. The molecule has 3 rings (SSSR count).